The van der Waals surface area contributed by atoms with Crippen molar-refractivity contribution in [3.05, 3.63) is 0 Å². The van der Waals surface area contributed by atoms with Crippen molar-refractivity contribution in [2.24, 2.45) is 5.16 Å². The van der Waals surface area contributed by atoms with Crippen molar-refractivity contribution in [2.45, 2.75) is 20.3 Å². The molecular formula is C9H18NO5P. The first-order chi connectivity index (χ1) is 7.46. The predicted octanol–water partition coefficient (Wildman–Crippen LogP) is 1.71. The van der Waals surface area contributed by atoms with Gasteiger partial charge in [-0.15, -0.1) is 0 Å². The Morgan fingerprint density at radius 3 is 2.44 bits per heavy atom. The van der Waals surface area contributed by atoms with Gasteiger partial charge in [0.05, 0.1) is 13.2 Å². The Balaban J connectivity index is 4.27. The zero-order valence-electron chi connectivity index (χ0n) is 9.80. The van der Waals surface area contributed by atoms with Crippen LogP contribution in [0.1, 0.15) is 20.3 Å². The van der Waals surface area contributed by atoms with Crippen LogP contribution in [0.4, 0.5) is 0 Å². The molecule has 1 N–H and O–H groups in total. The summed E-state index contributed by atoms with van der Waals surface area (Å²) in [5.41, 5.74) is -0.136. The average Bonchev–Trinajstić information content (AvgIpc) is 2.18. The molecule has 94 valence electrons. The van der Waals surface area contributed by atoms with Crippen molar-refractivity contribution in [3.63, 3.8) is 0 Å². The Kier molecular flexibility index (Phi) is 7.01. The number of hydrogen-bond donors (Lipinski definition) is 1. The molecule has 0 heterocycles. The summed E-state index contributed by atoms with van der Waals surface area (Å²) in [5.74, 6) is -0.693. The largest absolute Gasteiger partial charge is 0.461 e. The van der Waals surface area contributed by atoms with Gasteiger partial charge in [0.25, 0.3) is 0 Å². The molecule has 0 radical (unpaired) electrons. The molecule has 0 aliphatic rings. The van der Waals surface area contributed by atoms with E-state index in [0.717, 1.165) is 0 Å². The number of hydrogen-bond acceptors (Lipinski definition) is 6. The normalized spacial score (nSPS) is 15.6. The molecule has 16 heavy (non-hydrogen) atoms. The lowest BCUT2D eigenvalue weighted by atomic mass is 10.3. The van der Waals surface area contributed by atoms with E-state index in [0.29, 0.717) is 6.61 Å². The van der Waals surface area contributed by atoms with Gasteiger partial charge in [0.1, 0.15) is 0 Å². The summed E-state index contributed by atoms with van der Waals surface area (Å²) >= 11 is 0. The van der Waals surface area contributed by atoms with Gasteiger partial charge in [-0.25, -0.2) is 4.79 Å². The maximum absolute atomic E-state index is 11.7. The lowest BCUT2D eigenvalue weighted by Gasteiger charge is -2.12. The molecule has 7 heteroatoms. The van der Waals surface area contributed by atoms with Gasteiger partial charge < -0.3 is 14.5 Å². The number of ether oxygens (including phenoxy) is 1. The van der Waals surface area contributed by atoms with Crippen LogP contribution in [-0.4, -0.2) is 42.9 Å². The summed E-state index contributed by atoms with van der Waals surface area (Å²) in [6.45, 7) is 5.42. The van der Waals surface area contributed by atoms with Crippen molar-refractivity contribution in [2.75, 3.05) is 26.0 Å². The molecule has 6 nitrogen and oxygen atoms in total. The molecule has 1 atom stereocenters. The van der Waals surface area contributed by atoms with Gasteiger partial charge in [-0.3, -0.25) is 4.57 Å². The lowest BCUT2D eigenvalue weighted by molar-refractivity contribution is -0.135. The third-order valence-corrected chi connectivity index (χ3v) is 3.63. The minimum atomic E-state index is -2.72. The van der Waals surface area contributed by atoms with Crippen molar-refractivity contribution < 1.29 is 23.8 Å². The highest BCUT2D eigenvalue weighted by Gasteiger charge is 2.20. The van der Waals surface area contributed by atoms with Gasteiger partial charge in [0.2, 0.25) is 7.37 Å². The van der Waals surface area contributed by atoms with Crippen LogP contribution in [0.3, 0.4) is 0 Å². The third kappa shape index (κ3) is 5.88. The Morgan fingerprint density at radius 1 is 1.38 bits per heavy atom. The minimum absolute atomic E-state index is 0.0725. The van der Waals surface area contributed by atoms with Gasteiger partial charge in [-0.2, -0.15) is 0 Å². The Hall–Kier alpha value is -0.870. The zero-order chi connectivity index (χ0) is 12.6. The van der Waals surface area contributed by atoms with Crippen LogP contribution in [0.2, 0.25) is 0 Å². The van der Waals surface area contributed by atoms with E-state index in [2.05, 4.69) is 9.89 Å². The summed E-state index contributed by atoms with van der Waals surface area (Å²) in [7, 11) is -2.72. The first-order valence-corrected chi connectivity index (χ1v) is 7.31. The molecule has 0 aliphatic carbocycles. The Labute approximate surface area is 95.1 Å². The van der Waals surface area contributed by atoms with E-state index in [4.69, 9.17) is 9.73 Å². The molecule has 0 saturated carbocycles. The summed E-state index contributed by atoms with van der Waals surface area (Å²) in [4.78, 5) is 11.2. The first kappa shape index (κ1) is 15.1. The molecule has 0 aliphatic heterocycles. The molecule has 0 saturated heterocycles. The van der Waals surface area contributed by atoms with Crippen LogP contribution < -0.4 is 0 Å². The number of esters is 1. The monoisotopic (exact) mass is 251 g/mol. The van der Waals surface area contributed by atoms with Crippen molar-refractivity contribution in [1.29, 1.82) is 0 Å². The van der Waals surface area contributed by atoms with E-state index < -0.39 is 13.3 Å². The Morgan fingerprint density at radius 2 is 2.00 bits per heavy atom. The van der Waals surface area contributed by atoms with Gasteiger partial charge in [0, 0.05) is 19.2 Å². The molecule has 0 aromatic carbocycles. The van der Waals surface area contributed by atoms with E-state index in [9.17, 15) is 9.36 Å². The quantitative estimate of drug-likeness (QED) is 0.245. The molecule has 1 unspecified atom stereocenters. The van der Waals surface area contributed by atoms with Gasteiger partial charge >= 0.3 is 5.97 Å². The van der Waals surface area contributed by atoms with Crippen LogP contribution >= 0.6 is 7.37 Å². The number of oxime groups is 1. The van der Waals surface area contributed by atoms with Crippen molar-refractivity contribution in [1.82, 2.24) is 0 Å². The summed E-state index contributed by atoms with van der Waals surface area (Å²) in [6, 6.07) is 0. The zero-order valence-corrected chi connectivity index (χ0v) is 10.7. The number of carbonyl (C=O) groups excluding carboxylic acids is 1. The second kappa shape index (κ2) is 7.41. The Bertz CT molecular complexity index is 302. The number of carbonyl (C=O) groups is 1. The maximum Gasteiger partial charge on any atom is 0.356 e. The highest BCUT2D eigenvalue weighted by molar-refractivity contribution is 7.58. The molecular weight excluding hydrogens is 233 g/mol. The fourth-order valence-corrected chi connectivity index (χ4v) is 2.35. The summed E-state index contributed by atoms with van der Waals surface area (Å²) < 4.78 is 21.4. The molecule has 0 bridgehead atoms. The van der Waals surface area contributed by atoms with Crippen molar-refractivity contribution >= 4 is 19.0 Å². The topological polar surface area (TPSA) is 85.2 Å². The number of nitrogens with zero attached hydrogens (tertiary/aromatic N) is 1. The molecule has 0 spiro atoms. The van der Waals surface area contributed by atoms with Crippen LogP contribution in [0.25, 0.3) is 0 Å². The fraction of sp³-hybridized carbons (Fsp3) is 0.778. The van der Waals surface area contributed by atoms with Crippen LogP contribution in [0.5, 0.6) is 0 Å². The minimum Gasteiger partial charge on any atom is -0.461 e. The van der Waals surface area contributed by atoms with Gasteiger partial charge in [-0.05, 0) is 13.8 Å². The molecule has 0 fully saturated rings. The predicted molar refractivity (Wildman–Crippen MR) is 60.5 cm³/mol. The second-order valence-corrected chi connectivity index (χ2v) is 5.91. The van der Waals surface area contributed by atoms with Crippen LogP contribution in [0, 0.1) is 0 Å². The molecule has 0 aromatic rings. The highest BCUT2D eigenvalue weighted by Crippen LogP contribution is 2.42. The van der Waals surface area contributed by atoms with E-state index in [1.807, 2.05) is 0 Å². The maximum atomic E-state index is 11.7. The molecule has 0 aromatic heterocycles. The third-order valence-electron chi connectivity index (χ3n) is 1.79. The van der Waals surface area contributed by atoms with E-state index in [1.165, 1.54) is 6.66 Å². The van der Waals surface area contributed by atoms with Crippen LogP contribution in [-0.2, 0) is 18.6 Å². The lowest BCUT2D eigenvalue weighted by Crippen LogP contribution is -2.19. The van der Waals surface area contributed by atoms with Gasteiger partial charge in [-0.1, -0.05) is 5.16 Å². The standard InChI is InChI=1S/C9H18NO5P/c1-4-14-9(11)8(10-12)6-7-16(3,13)15-5-2/h12H,4-7H2,1-3H3/b10-8+. The van der Waals surface area contributed by atoms with Crippen molar-refractivity contribution in [3.8, 4) is 0 Å². The van der Waals surface area contributed by atoms with Gasteiger partial charge in [0.15, 0.2) is 5.71 Å². The van der Waals surface area contributed by atoms with E-state index in [-0.39, 0.29) is 24.9 Å². The SMILES string of the molecule is CCOC(=O)/C(CCP(C)(=O)OCC)=N/O. The van der Waals surface area contributed by atoms with Crippen LogP contribution in [0.15, 0.2) is 5.16 Å². The molecule has 0 amide bonds. The molecule has 0 rings (SSSR count). The average molecular weight is 251 g/mol. The number of rotatable bonds is 7. The van der Waals surface area contributed by atoms with E-state index in [1.54, 1.807) is 13.8 Å². The fourth-order valence-electron chi connectivity index (χ4n) is 1.05. The van der Waals surface area contributed by atoms with E-state index >= 15 is 0 Å². The smallest absolute Gasteiger partial charge is 0.356 e. The summed E-state index contributed by atoms with van der Waals surface area (Å²) in [6.07, 6.45) is 0.224. The summed E-state index contributed by atoms with van der Waals surface area (Å²) in [5, 5.41) is 11.4. The second-order valence-electron chi connectivity index (χ2n) is 3.17. The highest BCUT2D eigenvalue weighted by atomic mass is 31.2. The first-order valence-electron chi connectivity index (χ1n) is 5.06.